The molecule has 2 aromatic carbocycles. The van der Waals surface area contributed by atoms with E-state index in [1.165, 1.54) is 11.3 Å². The SMILES string of the molecule is CCN(CC)C(=O)C1=C(C)N=c2s/c(=C/c3ccc(-c4ccc(Cl)cc4Cl)o3)c(=O)n2[C@H]1c1cc(OC)ccc1OC. The van der Waals surface area contributed by atoms with Crippen LogP contribution in [0.3, 0.4) is 0 Å². The molecule has 0 bridgehead atoms. The molecule has 0 unspecified atom stereocenters. The van der Waals surface area contributed by atoms with Gasteiger partial charge in [-0.05, 0) is 69.3 Å². The summed E-state index contributed by atoms with van der Waals surface area (Å²) in [5.41, 5.74) is 1.93. The van der Waals surface area contributed by atoms with Crippen LogP contribution in [0.4, 0.5) is 0 Å². The fourth-order valence-electron chi connectivity index (χ4n) is 5.02. The molecule has 8 nitrogen and oxygen atoms in total. The molecule has 0 saturated carbocycles. The zero-order valence-electron chi connectivity index (χ0n) is 23.7. The Labute approximate surface area is 256 Å². The van der Waals surface area contributed by atoms with Crippen LogP contribution in [0.1, 0.15) is 38.1 Å². The molecule has 1 aliphatic heterocycles. The Balaban J connectivity index is 1.70. The third-order valence-corrected chi connectivity index (χ3v) is 8.66. The number of likely N-dealkylation sites (N-methyl/N-ethyl adjacent to an activating group) is 1. The average molecular weight is 627 g/mol. The van der Waals surface area contributed by atoms with Crippen molar-refractivity contribution in [3.63, 3.8) is 0 Å². The third kappa shape index (κ3) is 5.40. The molecule has 0 fully saturated rings. The molecule has 0 radical (unpaired) electrons. The average Bonchev–Trinajstić information content (AvgIpc) is 3.56. The van der Waals surface area contributed by atoms with Gasteiger partial charge in [-0.2, -0.15) is 0 Å². The van der Waals surface area contributed by atoms with Crippen LogP contribution >= 0.6 is 34.5 Å². The number of carbonyl (C=O) groups excluding carboxylic acids is 1. The molecule has 3 heterocycles. The number of nitrogens with zero attached hydrogens (tertiary/aromatic N) is 3. The maximum Gasteiger partial charge on any atom is 0.271 e. The summed E-state index contributed by atoms with van der Waals surface area (Å²) >= 11 is 13.6. The number of thiazole rings is 1. The Morgan fingerprint density at radius 1 is 1.10 bits per heavy atom. The van der Waals surface area contributed by atoms with Crippen molar-refractivity contribution in [3.8, 4) is 22.8 Å². The van der Waals surface area contributed by atoms with Gasteiger partial charge in [0.2, 0.25) is 0 Å². The van der Waals surface area contributed by atoms with Crippen LogP contribution in [0.2, 0.25) is 10.0 Å². The number of amides is 1. The summed E-state index contributed by atoms with van der Waals surface area (Å²) in [6.45, 7) is 6.65. The van der Waals surface area contributed by atoms with Crippen molar-refractivity contribution < 1.29 is 18.7 Å². The molecule has 0 N–H and O–H groups in total. The second-order valence-corrected chi connectivity index (χ2v) is 11.3. The van der Waals surface area contributed by atoms with Gasteiger partial charge in [-0.25, -0.2) is 4.99 Å². The van der Waals surface area contributed by atoms with Crippen molar-refractivity contribution in [2.24, 2.45) is 4.99 Å². The number of benzene rings is 2. The Morgan fingerprint density at radius 3 is 2.52 bits per heavy atom. The highest BCUT2D eigenvalue weighted by atomic mass is 35.5. The zero-order chi connectivity index (χ0) is 30.1. The predicted octanol–water partition coefficient (Wildman–Crippen LogP) is 5.69. The van der Waals surface area contributed by atoms with E-state index in [1.54, 1.807) is 85.2 Å². The Hall–Kier alpha value is -3.79. The van der Waals surface area contributed by atoms with Gasteiger partial charge in [-0.1, -0.05) is 34.5 Å². The second kappa shape index (κ2) is 12.2. The fraction of sp³-hybridized carbons (Fsp3) is 0.258. The minimum atomic E-state index is -0.790. The Kier molecular flexibility index (Phi) is 8.63. The quantitative estimate of drug-likeness (QED) is 0.251. The van der Waals surface area contributed by atoms with Gasteiger partial charge < -0.3 is 18.8 Å². The number of ether oxygens (including phenoxy) is 2. The second-order valence-electron chi connectivity index (χ2n) is 9.49. The molecule has 5 rings (SSSR count). The summed E-state index contributed by atoms with van der Waals surface area (Å²) < 4.78 is 19.2. The maximum atomic E-state index is 14.1. The summed E-state index contributed by atoms with van der Waals surface area (Å²) in [6, 6.07) is 13.3. The Morgan fingerprint density at radius 2 is 1.86 bits per heavy atom. The van der Waals surface area contributed by atoms with E-state index in [0.29, 0.717) is 77.9 Å². The molecule has 1 atom stereocenters. The van der Waals surface area contributed by atoms with E-state index in [1.807, 2.05) is 13.8 Å². The highest BCUT2D eigenvalue weighted by Gasteiger charge is 2.36. The van der Waals surface area contributed by atoms with Gasteiger partial charge in [0.05, 0.1) is 35.0 Å². The molecule has 0 spiro atoms. The summed E-state index contributed by atoms with van der Waals surface area (Å²) in [5.74, 6) is 1.90. The number of rotatable bonds is 8. The summed E-state index contributed by atoms with van der Waals surface area (Å²) in [5, 5.41) is 0.976. The van der Waals surface area contributed by atoms with Crippen LogP contribution in [0.25, 0.3) is 17.4 Å². The first-order chi connectivity index (χ1) is 20.2. The van der Waals surface area contributed by atoms with E-state index in [4.69, 9.17) is 42.1 Å². The van der Waals surface area contributed by atoms with E-state index >= 15 is 0 Å². The first-order valence-corrected chi connectivity index (χ1v) is 14.9. The van der Waals surface area contributed by atoms with Gasteiger partial charge in [0.1, 0.15) is 29.1 Å². The van der Waals surface area contributed by atoms with Crippen molar-refractivity contribution in [1.29, 1.82) is 0 Å². The van der Waals surface area contributed by atoms with Gasteiger partial charge in [0.15, 0.2) is 4.80 Å². The van der Waals surface area contributed by atoms with E-state index in [0.717, 1.165) is 0 Å². The molecule has 1 aliphatic rings. The highest BCUT2D eigenvalue weighted by Crippen LogP contribution is 2.38. The van der Waals surface area contributed by atoms with E-state index in [-0.39, 0.29) is 11.5 Å². The molecule has 4 aromatic rings. The summed E-state index contributed by atoms with van der Waals surface area (Å²) in [4.78, 5) is 34.9. The summed E-state index contributed by atoms with van der Waals surface area (Å²) in [7, 11) is 3.12. The first kappa shape index (κ1) is 29.7. The number of furan rings is 1. The number of hydrogen-bond acceptors (Lipinski definition) is 7. The number of carbonyl (C=O) groups is 1. The molecule has 0 aliphatic carbocycles. The number of halogens is 2. The summed E-state index contributed by atoms with van der Waals surface area (Å²) in [6.07, 6.45) is 1.67. The fourth-order valence-corrected chi connectivity index (χ4v) is 6.55. The van der Waals surface area contributed by atoms with Crippen LogP contribution in [0.5, 0.6) is 11.5 Å². The maximum absolute atomic E-state index is 14.1. The number of methoxy groups -OCH3 is 2. The first-order valence-electron chi connectivity index (χ1n) is 13.3. The number of fused-ring (bicyclic) bond motifs is 1. The topological polar surface area (TPSA) is 86.3 Å². The number of hydrogen-bond donors (Lipinski definition) is 0. The van der Waals surface area contributed by atoms with Gasteiger partial charge >= 0.3 is 0 Å². The lowest BCUT2D eigenvalue weighted by Gasteiger charge is -2.30. The largest absolute Gasteiger partial charge is 0.497 e. The van der Waals surface area contributed by atoms with Crippen molar-refractivity contribution in [2.75, 3.05) is 27.3 Å². The monoisotopic (exact) mass is 625 g/mol. The molecule has 11 heteroatoms. The molecule has 42 heavy (non-hydrogen) atoms. The molecule has 218 valence electrons. The predicted molar refractivity (Wildman–Crippen MR) is 165 cm³/mol. The number of allylic oxidation sites excluding steroid dienone is 1. The molecule has 1 amide bonds. The lowest BCUT2D eigenvalue weighted by molar-refractivity contribution is -0.127. The highest BCUT2D eigenvalue weighted by molar-refractivity contribution is 7.07. The smallest absolute Gasteiger partial charge is 0.271 e. The van der Waals surface area contributed by atoms with Crippen LogP contribution < -0.4 is 24.4 Å². The molecule has 0 saturated heterocycles. The van der Waals surface area contributed by atoms with E-state index < -0.39 is 6.04 Å². The van der Waals surface area contributed by atoms with Crippen molar-refractivity contribution in [1.82, 2.24) is 9.47 Å². The van der Waals surface area contributed by atoms with E-state index in [2.05, 4.69) is 0 Å². The van der Waals surface area contributed by atoms with Crippen molar-refractivity contribution in [3.05, 3.63) is 101 Å². The van der Waals surface area contributed by atoms with Crippen molar-refractivity contribution >= 4 is 46.5 Å². The molecule has 2 aromatic heterocycles. The Bertz CT molecular complexity index is 1880. The van der Waals surface area contributed by atoms with Crippen LogP contribution in [0, 0.1) is 0 Å². The minimum absolute atomic E-state index is 0.194. The van der Waals surface area contributed by atoms with Gasteiger partial charge in [0.25, 0.3) is 11.5 Å². The van der Waals surface area contributed by atoms with Gasteiger partial charge in [0, 0.05) is 35.3 Å². The minimum Gasteiger partial charge on any atom is -0.497 e. The van der Waals surface area contributed by atoms with Gasteiger partial charge in [-0.15, -0.1) is 0 Å². The van der Waals surface area contributed by atoms with Crippen LogP contribution in [-0.4, -0.2) is 42.7 Å². The molecular weight excluding hydrogens is 597 g/mol. The third-order valence-electron chi connectivity index (χ3n) is 7.13. The van der Waals surface area contributed by atoms with Gasteiger partial charge in [-0.3, -0.25) is 14.2 Å². The molecular formula is C31H29Cl2N3O5S. The lowest BCUT2D eigenvalue weighted by atomic mass is 9.93. The lowest BCUT2D eigenvalue weighted by Crippen LogP contribution is -2.43. The van der Waals surface area contributed by atoms with Crippen molar-refractivity contribution in [2.45, 2.75) is 26.8 Å². The normalized spacial score (nSPS) is 14.9. The number of aromatic nitrogens is 1. The van der Waals surface area contributed by atoms with E-state index in [9.17, 15) is 9.59 Å². The standard InChI is InChI=1S/C31H29Cl2N3O5S/c1-6-35(7-2)30(38)27-17(3)34-31-36(28(27)22-15-19(39-4)9-12-24(22)40-5)29(37)26(42-31)16-20-10-13-25(41-20)21-11-8-18(32)14-23(21)33/h8-16,28H,6-7H2,1-5H3/b26-16+/t28-/m0/s1. The zero-order valence-corrected chi connectivity index (χ0v) is 26.1. The van der Waals surface area contributed by atoms with Crippen LogP contribution in [-0.2, 0) is 4.79 Å². The van der Waals surface area contributed by atoms with Crippen LogP contribution in [0.15, 0.2) is 74.0 Å².